The monoisotopic (exact) mass is 236 g/mol. The van der Waals surface area contributed by atoms with Gasteiger partial charge in [-0.05, 0) is 32.9 Å². The Morgan fingerprint density at radius 1 is 1.53 bits per heavy atom. The van der Waals surface area contributed by atoms with E-state index in [-0.39, 0.29) is 11.8 Å². The van der Waals surface area contributed by atoms with Gasteiger partial charge in [0.25, 0.3) is 0 Å². The Balaban J connectivity index is 3.04. The Bertz CT molecular complexity index is 377. The Morgan fingerprint density at radius 2 is 2.24 bits per heavy atom. The number of methoxy groups -OCH3 is 1. The zero-order valence-corrected chi connectivity index (χ0v) is 10.9. The molecular weight excluding hydrogens is 216 g/mol. The molecule has 0 spiro atoms. The summed E-state index contributed by atoms with van der Waals surface area (Å²) in [7, 11) is 1.67. The van der Waals surface area contributed by atoms with Crippen LogP contribution in [0.3, 0.4) is 0 Å². The maximum absolute atomic E-state index is 11.6. The first-order valence-electron chi connectivity index (χ1n) is 5.79. The number of pyridine rings is 1. The molecule has 0 aliphatic heterocycles. The second-order valence-corrected chi connectivity index (χ2v) is 4.21. The third-order valence-electron chi connectivity index (χ3n) is 2.60. The van der Waals surface area contributed by atoms with Gasteiger partial charge in [-0.2, -0.15) is 0 Å². The second kappa shape index (κ2) is 6.35. The molecule has 0 saturated carbocycles. The highest BCUT2D eigenvalue weighted by Gasteiger charge is 2.17. The van der Waals surface area contributed by atoms with E-state index in [1.165, 1.54) is 0 Å². The number of carbonyl (C=O) groups is 1. The molecule has 1 aromatic heterocycles. The van der Waals surface area contributed by atoms with Crippen LogP contribution in [0.4, 0.5) is 5.82 Å². The summed E-state index contributed by atoms with van der Waals surface area (Å²) >= 11 is 0. The second-order valence-electron chi connectivity index (χ2n) is 4.21. The smallest absolute Gasteiger partial charge is 0.163 e. The molecule has 0 N–H and O–H groups in total. The van der Waals surface area contributed by atoms with E-state index >= 15 is 0 Å². The van der Waals surface area contributed by atoms with Gasteiger partial charge < -0.3 is 9.64 Å². The predicted octanol–water partition coefficient (Wildman–Crippen LogP) is 2.15. The summed E-state index contributed by atoms with van der Waals surface area (Å²) in [4.78, 5) is 18.0. The number of nitrogens with zero attached hydrogens (tertiary/aromatic N) is 2. The van der Waals surface area contributed by atoms with E-state index in [0.717, 1.165) is 12.4 Å². The van der Waals surface area contributed by atoms with Crippen LogP contribution < -0.4 is 4.90 Å². The molecule has 4 heteroatoms. The van der Waals surface area contributed by atoms with Crippen molar-refractivity contribution in [1.29, 1.82) is 0 Å². The minimum atomic E-state index is 0.0381. The van der Waals surface area contributed by atoms with Crippen molar-refractivity contribution < 1.29 is 9.53 Å². The first-order valence-corrected chi connectivity index (χ1v) is 5.79. The van der Waals surface area contributed by atoms with Crippen LogP contribution >= 0.6 is 0 Å². The molecule has 4 nitrogen and oxygen atoms in total. The first-order chi connectivity index (χ1) is 8.07. The number of aromatic nitrogens is 1. The van der Waals surface area contributed by atoms with Crippen LogP contribution in [-0.4, -0.2) is 37.1 Å². The molecule has 0 aliphatic rings. The number of carbonyl (C=O) groups excluding carboxylic acids is 1. The molecule has 0 aliphatic carbocycles. The molecule has 0 fully saturated rings. The van der Waals surface area contributed by atoms with E-state index in [2.05, 4.69) is 23.7 Å². The largest absolute Gasteiger partial charge is 0.383 e. The molecule has 0 aromatic carbocycles. The SMILES string of the molecule is COCCN(c1ncccc1C(C)=O)C(C)C. The van der Waals surface area contributed by atoms with Crippen molar-refractivity contribution in [1.82, 2.24) is 4.98 Å². The lowest BCUT2D eigenvalue weighted by molar-refractivity contribution is 0.101. The van der Waals surface area contributed by atoms with Crippen molar-refractivity contribution >= 4 is 11.6 Å². The van der Waals surface area contributed by atoms with Gasteiger partial charge in [0.15, 0.2) is 5.78 Å². The number of anilines is 1. The first kappa shape index (κ1) is 13.6. The summed E-state index contributed by atoms with van der Waals surface area (Å²) < 4.78 is 5.09. The van der Waals surface area contributed by atoms with Gasteiger partial charge >= 0.3 is 0 Å². The fourth-order valence-corrected chi connectivity index (χ4v) is 1.70. The van der Waals surface area contributed by atoms with Crippen LogP contribution in [-0.2, 0) is 4.74 Å². The average Bonchev–Trinajstić information content (AvgIpc) is 2.29. The zero-order valence-electron chi connectivity index (χ0n) is 10.9. The van der Waals surface area contributed by atoms with Crippen LogP contribution in [0.2, 0.25) is 0 Å². The van der Waals surface area contributed by atoms with Crippen LogP contribution in [0.15, 0.2) is 18.3 Å². The number of hydrogen-bond acceptors (Lipinski definition) is 4. The number of rotatable bonds is 6. The maximum atomic E-state index is 11.6. The van der Waals surface area contributed by atoms with Gasteiger partial charge in [0.2, 0.25) is 0 Å². The van der Waals surface area contributed by atoms with Crippen molar-refractivity contribution in [3.63, 3.8) is 0 Å². The summed E-state index contributed by atoms with van der Waals surface area (Å²) in [5.74, 6) is 0.781. The molecule has 17 heavy (non-hydrogen) atoms. The van der Waals surface area contributed by atoms with Crippen LogP contribution in [0, 0.1) is 0 Å². The third kappa shape index (κ3) is 3.53. The highest BCUT2D eigenvalue weighted by molar-refractivity contribution is 5.98. The Morgan fingerprint density at radius 3 is 2.76 bits per heavy atom. The van der Waals surface area contributed by atoms with Gasteiger partial charge in [0.1, 0.15) is 5.82 Å². The molecule has 1 rings (SSSR count). The fraction of sp³-hybridized carbons (Fsp3) is 0.538. The van der Waals surface area contributed by atoms with Gasteiger partial charge in [-0.3, -0.25) is 4.79 Å². The minimum absolute atomic E-state index is 0.0381. The van der Waals surface area contributed by atoms with Crippen molar-refractivity contribution in [2.24, 2.45) is 0 Å². The minimum Gasteiger partial charge on any atom is -0.383 e. The number of ether oxygens (including phenoxy) is 1. The molecule has 0 unspecified atom stereocenters. The Hall–Kier alpha value is -1.42. The molecule has 1 heterocycles. The van der Waals surface area contributed by atoms with Gasteiger partial charge in [-0.1, -0.05) is 0 Å². The highest BCUT2D eigenvalue weighted by atomic mass is 16.5. The molecule has 94 valence electrons. The normalized spacial score (nSPS) is 10.6. The number of ketones is 1. The summed E-state index contributed by atoms with van der Waals surface area (Å²) in [6.45, 7) is 7.06. The summed E-state index contributed by atoms with van der Waals surface area (Å²) in [6.07, 6.45) is 1.71. The maximum Gasteiger partial charge on any atom is 0.163 e. The van der Waals surface area contributed by atoms with Crippen LogP contribution in [0.25, 0.3) is 0 Å². The number of Topliss-reactive ketones (excluding diaryl/α,β-unsaturated/α-hetero) is 1. The quantitative estimate of drug-likeness (QED) is 0.710. The van der Waals surface area contributed by atoms with Crippen molar-refractivity contribution in [3.8, 4) is 0 Å². The molecule has 0 bridgehead atoms. The fourth-order valence-electron chi connectivity index (χ4n) is 1.70. The van der Waals surface area contributed by atoms with Gasteiger partial charge in [0.05, 0.1) is 12.2 Å². The summed E-state index contributed by atoms with van der Waals surface area (Å²) in [5.41, 5.74) is 0.664. The van der Waals surface area contributed by atoms with Crippen molar-refractivity contribution in [2.45, 2.75) is 26.8 Å². The van der Waals surface area contributed by atoms with E-state index in [9.17, 15) is 4.79 Å². The van der Waals surface area contributed by atoms with Gasteiger partial charge in [-0.15, -0.1) is 0 Å². The molecule has 0 amide bonds. The molecular formula is C13H20N2O2. The van der Waals surface area contributed by atoms with E-state index in [1.54, 1.807) is 26.3 Å². The van der Waals surface area contributed by atoms with Crippen LogP contribution in [0.5, 0.6) is 0 Å². The van der Waals surface area contributed by atoms with E-state index in [0.29, 0.717) is 12.2 Å². The van der Waals surface area contributed by atoms with Gasteiger partial charge in [-0.25, -0.2) is 4.98 Å². The lowest BCUT2D eigenvalue weighted by Gasteiger charge is -2.28. The van der Waals surface area contributed by atoms with E-state index < -0.39 is 0 Å². The van der Waals surface area contributed by atoms with E-state index in [4.69, 9.17) is 4.74 Å². The molecule has 0 saturated heterocycles. The summed E-state index contributed by atoms with van der Waals surface area (Å²) in [6, 6.07) is 3.88. The highest BCUT2D eigenvalue weighted by Crippen LogP contribution is 2.19. The summed E-state index contributed by atoms with van der Waals surface area (Å²) in [5, 5.41) is 0. The van der Waals surface area contributed by atoms with Gasteiger partial charge in [0, 0.05) is 25.9 Å². The molecule has 0 atom stereocenters. The topological polar surface area (TPSA) is 42.4 Å². The molecule has 1 aromatic rings. The predicted molar refractivity (Wildman–Crippen MR) is 68.6 cm³/mol. The third-order valence-corrected chi connectivity index (χ3v) is 2.60. The number of hydrogen-bond donors (Lipinski definition) is 0. The Kier molecular flexibility index (Phi) is 5.10. The average molecular weight is 236 g/mol. The molecule has 0 radical (unpaired) electrons. The van der Waals surface area contributed by atoms with E-state index in [1.807, 2.05) is 6.07 Å². The standard InChI is InChI=1S/C13H20N2O2/c1-10(2)15(8-9-17-4)13-12(11(3)16)6-5-7-14-13/h5-7,10H,8-9H2,1-4H3. The zero-order chi connectivity index (χ0) is 12.8. The van der Waals surface area contributed by atoms with Crippen molar-refractivity contribution in [2.75, 3.05) is 25.2 Å². The van der Waals surface area contributed by atoms with Crippen molar-refractivity contribution in [3.05, 3.63) is 23.9 Å². The lowest BCUT2D eigenvalue weighted by atomic mass is 10.1. The Labute approximate surface area is 103 Å². The van der Waals surface area contributed by atoms with Crippen LogP contribution in [0.1, 0.15) is 31.1 Å². The lowest BCUT2D eigenvalue weighted by Crippen LogP contribution is -2.35.